The monoisotopic (exact) mass is 454 g/mol. The van der Waals surface area contributed by atoms with Gasteiger partial charge in [-0.1, -0.05) is 47.5 Å². The van der Waals surface area contributed by atoms with E-state index in [1.807, 2.05) is 31.2 Å². The van der Waals surface area contributed by atoms with E-state index >= 15 is 0 Å². The second-order valence-electron chi connectivity index (χ2n) is 6.84. The lowest BCUT2D eigenvalue weighted by Gasteiger charge is -2.20. The van der Waals surface area contributed by atoms with E-state index in [1.54, 1.807) is 30.3 Å². The molecule has 0 radical (unpaired) electrons. The molecule has 0 saturated carbocycles. The molecule has 156 valence electrons. The molecule has 0 saturated heterocycles. The standard InChI is InChI=1S/C18H14O4.C6H2Cl2O/c1-11-5-3-4-6-14(11)16-10-21-17-9-13(22-12(2)19)7-8-15(17)18(16)20;7-3-1-2-4-5(8)6(3)9-4/h3-10H,1-2H3;1-2H. The smallest absolute Gasteiger partial charge is 0.308 e. The minimum Gasteiger partial charge on any atom is -0.463 e. The van der Waals surface area contributed by atoms with Crippen LogP contribution < -0.4 is 14.9 Å². The van der Waals surface area contributed by atoms with Crippen LogP contribution in [0.4, 0.5) is 0 Å². The maximum Gasteiger partial charge on any atom is 0.308 e. The fourth-order valence-electron chi connectivity index (χ4n) is 3.15. The molecule has 0 amide bonds. The molecule has 7 heteroatoms. The Hall–Kier alpha value is -3.28. The zero-order chi connectivity index (χ0) is 22.1. The van der Waals surface area contributed by atoms with Crippen molar-refractivity contribution in [1.82, 2.24) is 0 Å². The summed E-state index contributed by atoms with van der Waals surface area (Å²) in [5.41, 5.74) is 2.66. The fourth-order valence-corrected chi connectivity index (χ4v) is 3.64. The molecular formula is C24H16Cl2O5. The van der Waals surface area contributed by atoms with Crippen LogP contribution in [0.15, 0.2) is 70.1 Å². The van der Waals surface area contributed by atoms with Crippen LogP contribution in [0.3, 0.4) is 0 Å². The van der Waals surface area contributed by atoms with Gasteiger partial charge in [-0.05, 0) is 42.3 Å². The number of fused-ring (bicyclic) bond motifs is 3. The largest absolute Gasteiger partial charge is 0.463 e. The van der Waals surface area contributed by atoms with Crippen LogP contribution in [-0.2, 0) is 4.79 Å². The highest BCUT2D eigenvalue weighted by molar-refractivity contribution is 6.39. The summed E-state index contributed by atoms with van der Waals surface area (Å²) in [7, 11) is 0. The third kappa shape index (κ3) is 4.15. The van der Waals surface area contributed by atoms with E-state index in [0.29, 0.717) is 38.1 Å². The highest BCUT2D eigenvalue weighted by Gasteiger charge is 2.22. The summed E-state index contributed by atoms with van der Waals surface area (Å²) in [4.78, 5) is 23.6. The van der Waals surface area contributed by atoms with Gasteiger partial charge in [-0.15, -0.1) is 0 Å². The van der Waals surface area contributed by atoms with Gasteiger partial charge in [0.25, 0.3) is 0 Å². The summed E-state index contributed by atoms with van der Waals surface area (Å²) in [6, 6.07) is 15.9. The van der Waals surface area contributed by atoms with Gasteiger partial charge in [-0.25, -0.2) is 0 Å². The van der Waals surface area contributed by atoms with Gasteiger partial charge < -0.3 is 13.9 Å². The highest BCUT2D eigenvalue weighted by Crippen LogP contribution is 2.50. The van der Waals surface area contributed by atoms with Crippen LogP contribution in [0.1, 0.15) is 12.5 Å². The SMILES string of the molecule is CC(=O)Oc1ccc2c(=O)c(-c3ccccc3C)coc2c1.Clc1ccc2c(Cl)c1O2. The Morgan fingerprint density at radius 3 is 2.39 bits per heavy atom. The number of esters is 1. The van der Waals surface area contributed by atoms with E-state index in [1.165, 1.54) is 13.2 Å². The average molecular weight is 455 g/mol. The summed E-state index contributed by atoms with van der Waals surface area (Å²) in [6.45, 7) is 3.27. The Balaban J connectivity index is 0.000000212. The van der Waals surface area contributed by atoms with Crippen molar-refractivity contribution in [3.05, 3.63) is 86.7 Å². The van der Waals surface area contributed by atoms with Crippen LogP contribution in [-0.4, -0.2) is 5.97 Å². The third-order valence-corrected chi connectivity index (χ3v) is 5.32. The highest BCUT2D eigenvalue weighted by atomic mass is 35.5. The van der Waals surface area contributed by atoms with E-state index in [9.17, 15) is 9.59 Å². The summed E-state index contributed by atoms with van der Waals surface area (Å²) in [5.74, 6) is 1.26. The van der Waals surface area contributed by atoms with Crippen molar-refractivity contribution >= 4 is 40.1 Å². The first-order valence-corrected chi connectivity index (χ1v) is 10.1. The minimum atomic E-state index is -0.418. The summed E-state index contributed by atoms with van der Waals surface area (Å²) >= 11 is 11.3. The summed E-state index contributed by atoms with van der Waals surface area (Å²) in [6.07, 6.45) is 1.45. The first-order chi connectivity index (χ1) is 14.8. The maximum absolute atomic E-state index is 12.6. The van der Waals surface area contributed by atoms with E-state index in [4.69, 9.17) is 37.1 Å². The van der Waals surface area contributed by atoms with E-state index < -0.39 is 5.97 Å². The Labute approximate surface area is 187 Å². The molecule has 0 fully saturated rings. The van der Waals surface area contributed by atoms with Gasteiger partial charge in [0, 0.05) is 13.0 Å². The number of hydrogen-bond donors (Lipinski definition) is 0. The minimum absolute atomic E-state index is 0.107. The Morgan fingerprint density at radius 2 is 1.77 bits per heavy atom. The molecule has 0 unspecified atom stereocenters. The second-order valence-corrected chi connectivity index (χ2v) is 7.62. The fraction of sp³-hybridized carbons (Fsp3) is 0.0833. The van der Waals surface area contributed by atoms with Gasteiger partial charge in [-0.3, -0.25) is 9.59 Å². The van der Waals surface area contributed by atoms with Crippen molar-refractivity contribution < 1.29 is 18.7 Å². The number of aryl methyl sites for hydroxylation is 1. The first-order valence-electron chi connectivity index (χ1n) is 9.31. The average Bonchev–Trinajstić information content (AvgIpc) is 2.74. The number of halogens is 2. The van der Waals surface area contributed by atoms with Crippen molar-refractivity contribution in [3.63, 3.8) is 0 Å². The Bertz CT molecular complexity index is 1370. The number of ether oxygens (including phenoxy) is 2. The zero-order valence-corrected chi connectivity index (χ0v) is 18.1. The van der Waals surface area contributed by atoms with Gasteiger partial charge in [-0.2, -0.15) is 0 Å². The van der Waals surface area contributed by atoms with E-state index in [0.717, 1.165) is 16.9 Å². The van der Waals surface area contributed by atoms with Gasteiger partial charge in [0.15, 0.2) is 5.75 Å². The number of hydrogen-bond acceptors (Lipinski definition) is 5. The lowest BCUT2D eigenvalue weighted by atomic mass is 10.0. The molecule has 31 heavy (non-hydrogen) atoms. The normalized spacial score (nSPS) is 11.1. The molecule has 0 N–H and O–H groups in total. The first kappa shape index (κ1) is 21.0. The molecule has 4 aromatic rings. The molecule has 0 atom stereocenters. The molecule has 2 bridgehead atoms. The van der Waals surface area contributed by atoms with Crippen molar-refractivity contribution in [3.8, 4) is 28.4 Å². The van der Waals surface area contributed by atoms with Crippen LogP contribution in [0.2, 0.25) is 10.0 Å². The van der Waals surface area contributed by atoms with Gasteiger partial charge in [0.05, 0.1) is 16.0 Å². The van der Waals surface area contributed by atoms with Gasteiger partial charge in [0.1, 0.15) is 28.4 Å². The van der Waals surface area contributed by atoms with Gasteiger partial charge >= 0.3 is 5.97 Å². The molecule has 5 nitrogen and oxygen atoms in total. The number of benzene rings is 3. The van der Waals surface area contributed by atoms with Crippen molar-refractivity contribution in [2.45, 2.75) is 13.8 Å². The van der Waals surface area contributed by atoms with Crippen molar-refractivity contribution in [2.75, 3.05) is 0 Å². The molecule has 0 spiro atoms. The lowest BCUT2D eigenvalue weighted by Crippen LogP contribution is -2.06. The lowest BCUT2D eigenvalue weighted by molar-refractivity contribution is -0.131. The summed E-state index contributed by atoms with van der Waals surface area (Å²) < 4.78 is 15.6. The van der Waals surface area contributed by atoms with Crippen molar-refractivity contribution in [1.29, 1.82) is 0 Å². The second kappa shape index (κ2) is 8.46. The molecule has 2 aliphatic rings. The summed E-state index contributed by atoms with van der Waals surface area (Å²) in [5, 5.41) is 1.68. The molecule has 3 heterocycles. The molecular weight excluding hydrogens is 439 g/mol. The predicted octanol–water partition coefficient (Wildman–Crippen LogP) is 6.79. The number of rotatable bonds is 2. The van der Waals surface area contributed by atoms with E-state index in [-0.39, 0.29) is 5.43 Å². The quantitative estimate of drug-likeness (QED) is 0.217. The Kier molecular flexibility index (Phi) is 5.72. The van der Waals surface area contributed by atoms with Crippen LogP contribution in [0.5, 0.6) is 17.2 Å². The van der Waals surface area contributed by atoms with Crippen LogP contribution in [0, 0.1) is 6.92 Å². The molecule has 0 aliphatic carbocycles. The third-order valence-electron chi connectivity index (χ3n) is 4.67. The van der Waals surface area contributed by atoms with Crippen LogP contribution >= 0.6 is 23.2 Å². The predicted molar refractivity (Wildman–Crippen MR) is 121 cm³/mol. The molecule has 3 aromatic carbocycles. The van der Waals surface area contributed by atoms with Crippen LogP contribution in [0.25, 0.3) is 22.1 Å². The topological polar surface area (TPSA) is 65.7 Å². The number of carbonyl (C=O) groups excluding carboxylic acids is 1. The maximum atomic E-state index is 12.6. The Morgan fingerprint density at radius 1 is 1.00 bits per heavy atom. The van der Waals surface area contributed by atoms with E-state index in [2.05, 4.69) is 0 Å². The molecule has 1 aromatic heterocycles. The zero-order valence-electron chi connectivity index (χ0n) is 16.6. The molecule has 6 rings (SSSR count). The van der Waals surface area contributed by atoms with Gasteiger partial charge in [0.2, 0.25) is 5.43 Å². The molecule has 2 aliphatic heterocycles. The number of carbonyl (C=O) groups is 1. The van der Waals surface area contributed by atoms with Crippen molar-refractivity contribution in [2.24, 2.45) is 0 Å².